The van der Waals surface area contributed by atoms with Gasteiger partial charge < -0.3 is 4.90 Å². The van der Waals surface area contributed by atoms with Gasteiger partial charge in [0.2, 0.25) is 0 Å². The summed E-state index contributed by atoms with van der Waals surface area (Å²) >= 11 is 0. The Morgan fingerprint density at radius 3 is 2.33 bits per heavy atom. The number of alkyl halides is 2. The Kier molecular flexibility index (Phi) is 1.69. The molecule has 0 radical (unpaired) electrons. The zero-order chi connectivity index (χ0) is 8.93. The van der Waals surface area contributed by atoms with Crippen LogP contribution < -0.4 is 0 Å². The van der Waals surface area contributed by atoms with Crippen LogP contribution in [0.5, 0.6) is 0 Å². The minimum Gasteiger partial charge on any atom is -0.306 e. The summed E-state index contributed by atoms with van der Waals surface area (Å²) < 4.78 is 25.8. The predicted molar refractivity (Wildman–Crippen MR) is 43.3 cm³/mol. The molecule has 0 amide bonds. The summed E-state index contributed by atoms with van der Waals surface area (Å²) in [6.07, 6.45) is 2.37. The van der Waals surface area contributed by atoms with Gasteiger partial charge in [0.1, 0.15) is 0 Å². The van der Waals surface area contributed by atoms with Crippen LogP contribution in [0.1, 0.15) is 19.3 Å². The molecule has 0 N–H and O–H groups in total. The van der Waals surface area contributed by atoms with Gasteiger partial charge in [0.15, 0.2) is 0 Å². The zero-order valence-electron chi connectivity index (χ0n) is 7.56. The summed E-state index contributed by atoms with van der Waals surface area (Å²) in [7, 11) is 3.96. The average Bonchev–Trinajstić information content (AvgIpc) is 2.55. The molecule has 2 fully saturated rings. The van der Waals surface area contributed by atoms with Gasteiger partial charge in [-0.05, 0) is 33.4 Å². The maximum Gasteiger partial charge on any atom is 0.254 e. The van der Waals surface area contributed by atoms with Gasteiger partial charge in [-0.1, -0.05) is 0 Å². The van der Waals surface area contributed by atoms with Crippen LogP contribution in [0.25, 0.3) is 0 Å². The van der Waals surface area contributed by atoms with Crippen molar-refractivity contribution < 1.29 is 8.78 Å². The molecule has 2 saturated carbocycles. The van der Waals surface area contributed by atoms with E-state index < -0.39 is 5.92 Å². The lowest BCUT2D eigenvalue weighted by Gasteiger charge is -2.26. The van der Waals surface area contributed by atoms with Crippen LogP contribution in [0.15, 0.2) is 0 Å². The highest BCUT2D eigenvalue weighted by Gasteiger charge is 2.68. The molecule has 0 aromatic carbocycles. The minimum absolute atomic E-state index is 0.270. The molecular formula is C9H15F2N. The summed E-state index contributed by atoms with van der Waals surface area (Å²) in [6, 6.07) is 0.389. The Labute approximate surface area is 71.7 Å². The predicted octanol–water partition coefficient (Wildman–Crippen LogP) is 1.98. The third-order valence-electron chi connectivity index (χ3n) is 3.43. The maximum absolute atomic E-state index is 12.9. The SMILES string of the molecule is CN(C)C1CCC2C(C1)C2(F)F. The molecule has 0 aliphatic heterocycles. The lowest BCUT2D eigenvalue weighted by molar-refractivity contribution is 0.0837. The second-order valence-corrected chi connectivity index (χ2v) is 4.32. The smallest absolute Gasteiger partial charge is 0.254 e. The van der Waals surface area contributed by atoms with Gasteiger partial charge in [0, 0.05) is 17.9 Å². The summed E-state index contributed by atoms with van der Waals surface area (Å²) in [6.45, 7) is 0. The molecule has 1 nitrogen and oxygen atoms in total. The Morgan fingerprint density at radius 2 is 1.83 bits per heavy atom. The Hall–Kier alpha value is -0.180. The quantitative estimate of drug-likeness (QED) is 0.589. The lowest BCUT2D eigenvalue weighted by atomic mass is 9.95. The van der Waals surface area contributed by atoms with Crippen molar-refractivity contribution in [3.8, 4) is 0 Å². The first-order valence-electron chi connectivity index (χ1n) is 4.57. The van der Waals surface area contributed by atoms with Gasteiger partial charge in [-0.15, -0.1) is 0 Å². The summed E-state index contributed by atoms with van der Waals surface area (Å²) in [5.74, 6) is -2.88. The van der Waals surface area contributed by atoms with Gasteiger partial charge >= 0.3 is 0 Å². The second-order valence-electron chi connectivity index (χ2n) is 4.32. The molecule has 70 valence electrons. The topological polar surface area (TPSA) is 3.24 Å². The molecule has 2 aliphatic carbocycles. The normalized spacial score (nSPS) is 44.2. The van der Waals surface area contributed by atoms with Gasteiger partial charge in [0.25, 0.3) is 5.92 Å². The van der Waals surface area contributed by atoms with Crippen molar-refractivity contribution >= 4 is 0 Å². The van der Waals surface area contributed by atoms with E-state index >= 15 is 0 Å². The molecule has 0 spiro atoms. The Morgan fingerprint density at radius 1 is 1.17 bits per heavy atom. The largest absolute Gasteiger partial charge is 0.306 e. The number of hydrogen-bond acceptors (Lipinski definition) is 1. The first kappa shape index (κ1) is 8.42. The zero-order valence-corrected chi connectivity index (χ0v) is 7.56. The van der Waals surface area contributed by atoms with Gasteiger partial charge in [-0.3, -0.25) is 0 Å². The van der Waals surface area contributed by atoms with E-state index in [0.29, 0.717) is 12.5 Å². The summed E-state index contributed by atoms with van der Waals surface area (Å²) in [5, 5.41) is 0. The standard InChI is InChI=1S/C9H15F2N/c1-12(2)6-3-4-7-8(5-6)9(7,10)11/h6-8H,3-5H2,1-2H3. The molecule has 3 atom stereocenters. The summed E-state index contributed by atoms with van der Waals surface area (Å²) in [4.78, 5) is 2.07. The highest BCUT2D eigenvalue weighted by Crippen LogP contribution is 2.62. The van der Waals surface area contributed by atoms with E-state index in [4.69, 9.17) is 0 Å². The summed E-state index contributed by atoms with van der Waals surface area (Å²) in [5.41, 5.74) is 0. The fourth-order valence-electron chi connectivity index (χ4n) is 2.43. The van der Waals surface area contributed by atoms with Crippen molar-refractivity contribution in [3.05, 3.63) is 0 Å². The van der Waals surface area contributed by atoms with E-state index in [0.717, 1.165) is 12.8 Å². The van der Waals surface area contributed by atoms with Crippen LogP contribution >= 0.6 is 0 Å². The fraction of sp³-hybridized carbons (Fsp3) is 1.00. The molecule has 0 aromatic rings. The molecule has 0 bridgehead atoms. The van der Waals surface area contributed by atoms with Crippen molar-refractivity contribution in [3.63, 3.8) is 0 Å². The Balaban J connectivity index is 1.97. The van der Waals surface area contributed by atoms with Gasteiger partial charge in [-0.25, -0.2) is 8.78 Å². The van der Waals surface area contributed by atoms with E-state index in [1.165, 1.54) is 0 Å². The second kappa shape index (κ2) is 2.41. The molecule has 3 heteroatoms. The van der Waals surface area contributed by atoms with Crippen molar-refractivity contribution in [1.29, 1.82) is 0 Å². The first-order chi connectivity index (χ1) is 5.53. The average molecular weight is 175 g/mol. The third-order valence-corrected chi connectivity index (χ3v) is 3.43. The highest BCUT2D eigenvalue weighted by molar-refractivity contribution is 5.09. The number of fused-ring (bicyclic) bond motifs is 1. The molecule has 0 aromatic heterocycles. The molecule has 0 heterocycles. The maximum atomic E-state index is 12.9. The Bertz CT molecular complexity index is 191. The van der Waals surface area contributed by atoms with Crippen LogP contribution in [-0.4, -0.2) is 31.0 Å². The van der Waals surface area contributed by atoms with Gasteiger partial charge in [-0.2, -0.15) is 0 Å². The minimum atomic E-state index is -2.31. The third kappa shape index (κ3) is 1.06. The van der Waals surface area contributed by atoms with E-state index in [1.807, 2.05) is 14.1 Å². The van der Waals surface area contributed by atoms with Crippen LogP contribution in [0, 0.1) is 11.8 Å². The number of rotatable bonds is 1. The number of halogens is 2. The molecule has 12 heavy (non-hydrogen) atoms. The molecular weight excluding hydrogens is 160 g/mol. The van der Waals surface area contributed by atoms with Gasteiger partial charge in [0.05, 0.1) is 0 Å². The van der Waals surface area contributed by atoms with Crippen LogP contribution in [0.2, 0.25) is 0 Å². The van der Waals surface area contributed by atoms with Crippen LogP contribution in [0.4, 0.5) is 8.78 Å². The highest BCUT2D eigenvalue weighted by atomic mass is 19.3. The first-order valence-corrected chi connectivity index (χ1v) is 4.57. The molecule has 3 unspecified atom stereocenters. The van der Waals surface area contributed by atoms with Crippen LogP contribution in [0.3, 0.4) is 0 Å². The molecule has 0 saturated heterocycles. The van der Waals surface area contributed by atoms with E-state index in [1.54, 1.807) is 0 Å². The van der Waals surface area contributed by atoms with Crippen molar-refractivity contribution in [1.82, 2.24) is 4.90 Å². The number of hydrogen-bond donors (Lipinski definition) is 0. The van der Waals surface area contributed by atoms with E-state index in [9.17, 15) is 8.78 Å². The molecule has 2 rings (SSSR count). The lowest BCUT2D eigenvalue weighted by Crippen LogP contribution is -2.30. The van der Waals surface area contributed by atoms with Crippen molar-refractivity contribution in [2.45, 2.75) is 31.2 Å². The van der Waals surface area contributed by atoms with Crippen molar-refractivity contribution in [2.75, 3.05) is 14.1 Å². The van der Waals surface area contributed by atoms with Crippen molar-refractivity contribution in [2.24, 2.45) is 11.8 Å². The van der Waals surface area contributed by atoms with E-state index in [-0.39, 0.29) is 11.8 Å². The van der Waals surface area contributed by atoms with Crippen LogP contribution in [-0.2, 0) is 0 Å². The molecule has 2 aliphatic rings. The monoisotopic (exact) mass is 175 g/mol. The number of nitrogens with zero attached hydrogens (tertiary/aromatic N) is 1. The van der Waals surface area contributed by atoms with E-state index in [2.05, 4.69) is 4.90 Å². The fourth-order valence-corrected chi connectivity index (χ4v) is 2.43.